The minimum atomic E-state index is -0.907. The number of likely N-dealkylation sites (tertiary alicyclic amines) is 1. The van der Waals surface area contributed by atoms with Crippen molar-refractivity contribution in [1.82, 2.24) is 15.5 Å². The standard InChI is InChI=1S/C26H36ClN3O7/c1-6-36-25-18(13-20(31)37-25)28-23(33)19-8-7-11-30(19)24(34)21(26(2,3)4)29-22(32)16-10-9-15(14-35-5)12-17(16)27/h9-10,12,18-19,21,25H,6-8,11,13-14H2,1-5H3,(H,28,33)(H,29,32)/t18-,19+,21-,25-/m1/s1. The van der Waals surface area contributed by atoms with Crippen molar-refractivity contribution in [3.8, 4) is 0 Å². The molecule has 4 atom stereocenters. The minimum absolute atomic E-state index is 0.00166. The lowest BCUT2D eigenvalue weighted by molar-refractivity contribution is -0.164. The van der Waals surface area contributed by atoms with Gasteiger partial charge < -0.3 is 29.7 Å². The van der Waals surface area contributed by atoms with Gasteiger partial charge in [-0.25, -0.2) is 0 Å². The molecule has 0 spiro atoms. The molecule has 37 heavy (non-hydrogen) atoms. The number of esters is 1. The number of nitrogens with one attached hydrogen (secondary N) is 2. The molecule has 0 saturated carbocycles. The van der Waals surface area contributed by atoms with Crippen LogP contribution in [0.25, 0.3) is 0 Å². The summed E-state index contributed by atoms with van der Waals surface area (Å²) in [5.41, 5.74) is 0.413. The van der Waals surface area contributed by atoms with Gasteiger partial charge >= 0.3 is 5.97 Å². The maximum Gasteiger partial charge on any atom is 0.310 e. The Morgan fingerprint density at radius 1 is 1.27 bits per heavy atom. The quantitative estimate of drug-likeness (QED) is 0.464. The summed E-state index contributed by atoms with van der Waals surface area (Å²) in [6, 6.07) is 2.73. The van der Waals surface area contributed by atoms with E-state index in [1.165, 1.54) is 4.90 Å². The summed E-state index contributed by atoms with van der Waals surface area (Å²) in [7, 11) is 1.57. The Hall–Kier alpha value is -2.69. The molecule has 2 aliphatic rings. The highest BCUT2D eigenvalue weighted by Gasteiger charge is 2.44. The van der Waals surface area contributed by atoms with E-state index in [9.17, 15) is 19.2 Å². The van der Waals surface area contributed by atoms with Crippen LogP contribution in [-0.2, 0) is 35.2 Å². The number of hydrogen-bond acceptors (Lipinski definition) is 7. The van der Waals surface area contributed by atoms with Crippen LogP contribution >= 0.6 is 11.6 Å². The van der Waals surface area contributed by atoms with Crippen molar-refractivity contribution < 1.29 is 33.4 Å². The van der Waals surface area contributed by atoms with Crippen LogP contribution in [0, 0.1) is 5.41 Å². The fourth-order valence-corrected chi connectivity index (χ4v) is 4.86. The highest BCUT2D eigenvalue weighted by Crippen LogP contribution is 2.28. The van der Waals surface area contributed by atoms with Crippen LogP contribution in [-0.4, -0.2) is 73.3 Å². The molecule has 11 heteroatoms. The molecule has 2 fully saturated rings. The molecule has 1 aromatic rings. The molecule has 2 aliphatic heterocycles. The van der Waals surface area contributed by atoms with Gasteiger partial charge in [0.2, 0.25) is 18.1 Å². The van der Waals surface area contributed by atoms with Crippen LogP contribution in [0.4, 0.5) is 0 Å². The van der Waals surface area contributed by atoms with E-state index in [-0.39, 0.29) is 28.8 Å². The average Bonchev–Trinajstić information content (AvgIpc) is 3.43. The van der Waals surface area contributed by atoms with Gasteiger partial charge in [-0.2, -0.15) is 0 Å². The number of carbonyl (C=O) groups excluding carboxylic acids is 4. The summed E-state index contributed by atoms with van der Waals surface area (Å²) in [5.74, 6) is -1.67. The summed E-state index contributed by atoms with van der Waals surface area (Å²) in [5, 5.41) is 5.91. The third kappa shape index (κ3) is 7.00. The van der Waals surface area contributed by atoms with Crippen molar-refractivity contribution >= 4 is 35.3 Å². The summed E-state index contributed by atoms with van der Waals surface area (Å²) < 4.78 is 15.7. The lowest BCUT2D eigenvalue weighted by Crippen LogP contribution is -2.58. The van der Waals surface area contributed by atoms with E-state index in [4.69, 9.17) is 25.8 Å². The van der Waals surface area contributed by atoms with E-state index in [1.807, 2.05) is 20.8 Å². The van der Waals surface area contributed by atoms with E-state index in [2.05, 4.69) is 10.6 Å². The lowest BCUT2D eigenvalue weighted by atomic mass is 9.85. The second-order valence-electron chi connectivity index (χ2n) is 10.3. The molecule has 0 aromatic heterocycles. The van der Waals surface area contributed by atoms with E-state index >= 15 is 0 Å². The average molecular weight is 538 g/mol. The van der Waals surface area contributed by atoms with E-state index in [0.717, 1.165) is 5.56 Å². The molecule has 3 rings (SSSR count). The highest BCUT2D eigenvalue weighted by molar-refractivity contribution is 6.34. The number of cyclic esters (lactones) is 1. The van der Waals surface area contributed by atoms with Gasteiger partial charge in [0.1, 0.15) is 18.1 Å². The number of benzene rings is 1. The number of carbonyl (C=O) groups is 4. The Labute approximate surface area is 222 Å². The molecule has 1 aromatic carbocycles. The molecular weight excluding hydrogens is 502 g/mol. The van der Waals surface area contributed by atoms with Gasteiger partial charge in [0.15, 0.2) is 0 Å². The number of halogens is 1. The molecule has 0 bridgehead atoms. The van der Waals surface area contributed by atoms with Crippen molar-refractivity contribution in [2.75, 3.05) is 20.3 Å². The first-order valence-electron chi connectivity index (χ1n) is 12.5. The van der Waals surface area contributed by atoms with Crippen molar-refractivity contribution in [3.05, 3.63) is 34.3 Å². The zero-order valence-electron chi connectivity index (χ0n) is 22.0. The first-order valence-corrected chi connectivity index (χ1v) is 12.8. The van der Waals surface area contributed by atoms with E-state index in [0.29, 0.717) is 32.6 Å². The molecule has 204 valence electrons. The fraction of sp³-hybridized carbons (Fsp3) is 0.615. The molecule has 10 nitrogen and oxygen atoms in total. The monoisotopic (exact) mass is 537 g/mol. The van der Waals surface area contributed by atoms with Gasteiger partial charge in [0, 0.05) is 20.3 Å². The minimum Gasteiger partial charge on any atom is -0.433 e. The second-order valence-corrected chi connectivity index (χ2v) is 10.7. The van der Waals surface area contributed by atoms with Crippen LogP contribution < -0.4 is 10.6 Å². The Kier molecular flexibility index (Phi) is 9.55. The van der Waals surface area contributed by atoms with Gasteiger partial charge in [-0.15, -0.1) is 0 Å². The van der Waals surface area contributed by atoms with E-state index in [1.54, 1.807) is 32.2 Å². The Morgan fingerprint density at radius 2 is 2.00 bits per heavy atom. The van der Waals surface area contributed by atoms with Crippen LogP contribution in [0.3, 0.4) is 0 Å². The summed E-state index contributed by atoms with van der Waals surface area (Å²) in [4.78, 5) is 53.3. The first-order chi connectivity index (χ1) is 17.5. The molecule has 2 N–H and O–H groups in total. The van der Waals surface area contributed by atoms with Gasteiger partial charge in [0.05, 0.1) is 23.6 Å². The predicted molar refractivity (Wildman–Crippen MR) is 136 cm³/mol. The number of amides is 3. The van der Waals surface area contributed by atoms with Gasteiger partial charge in [0.25, 0.3) is 5.91 Å². The maximum absolute atomic E-state index is 13.7. The number of ether oxygens (including phenoxy) is 3. The topological polar surface area (TPSA) is 123 Å². The maximum atomic E-state index is 13.7. The molecular formula is C26H36ClN3O7. The Morgan fingerprint density at radius 3 is 2.62 bits per heavy atom. The molecule has 0 aliphatic carbocycles. The van der Waals surface area contributed by atoms with Crippen LogP contribution in [0.5, 0.6) is 0 Å². The highest BCUT2D eigenvalue weighted by atomic mass is 35.5. The van der Waals surface area contributed by atoms with Gasteiger partial charge in [-0.1, -0.05) is 38.4 Å². The normalized spacial score (nSPS) is 22.5. The van der Waals surface area contributed by atoms with Crippen molar-refractivity contribution in [2.24, 2.45) is 5.41 Å². The summed E-state index contributed by atoms with van der Waals surface area (Å²) >= 11 is 6.35. The lowest BCUT2D eigenvalue weighted by Gasteiger charge is -2.35. The number of nitrogens with zero attached hydrogens (tertiary/aromatic N) is 1. The molecule has 0 radical (unpaired) electrons. The van der Waals surface area contributed by atoms with Crippen LogP contribution in [0.15, 0.2) is 18.2 Å². The van der Waals surface area contributed by atoms with Crippen molar-refractivity contribution in [3.63, 3.8) is 0 Å². The first kappa shape index (κ1) is 28.9. The van der Waals surface area contributed by atoms with E-state index < -0.39 is 41.7 Å². The second kappa shape index (κ2) is 12.2. The smallest absolute Gasteiger partial charge is 0.310 e. The summed E-state index contributed by atoms with van der Waals surface area (Å²) in [6.07, 6.45) is 0.252. The SMILES string of the molecule is CCO[C@@H]1OC(=O)C[C@H]1NC(=O)[C@@H]1CCCN1C(=O)[C@@H](NC(=O)c1ccc(COC)cc1Cl)C(C)(C)C. The van der Waals surface area contributed by atoms with Crippen molar-refractivity contribution in [2.45, 2.75) is 78.0 Å². The fourth-order valence-electron chi connectivity index (χ4n) is 4.57. The third-order valence-electron chi connectivity index (χ3n) is 6.44. The molecule has 2 saturated heterocycles. The van der Waals surface area contributed by atoms with Crippen LogP contribution in [0.2, 0.25) is 5.02 Å². The number of hydrogen-bond donors (Lipinski definition) is 2. The summed E-state index contributed by atoms with van der Waals surface area (Å²) in [6.45, 7) is 8.36. The number of methoxy groups -OCH3 is 1. The zero-order valence-corrected chi connectivity index (χ0v) is 22.7. The molecule has 0 unspecified atom stereocenters. The van der Waals surface area contributed by atoms with Gasteiger partial charge in [-0.05, 0) is 42.9 Å². The zero-order chi connectivity index (χ0) is 27.3. The van der Waals surface area contributed by atoms with Crippen LogP contribution in [0.1, 0.15) is 62.9 Å². The number of rotatable bonds is 9. The predicted octanol–water partition coefficient (Wildman–Crippen LogP) is 2.42. The van der Waals surface area contributed by atoms with Crippen molar-refractivity contribution in [1.29, 1.82) is 0 Å². The molecule has 2 heterocycles. The Bertz CT molecular complexity index is 1030. The third-order valence-corrected chi connectivity index (χ3v) is 6.75. The van der Waals surface area contributed by atoms with Gasteiger partial charge in [-0.3, -0.25) is 19.2 Å². The Balaban J connectivity index is 1.74. The molecule has 3 amide bonds. The largest absolute Gasteiger partial charge is 0.433 e.